The van der Waals surface area contributed by atoms with E-state index in [0.29, 0.717) is 30.9 Å². The molecular formula is C13H15ClN4O2S. The molecule has 0 unspecified atom stereocenters. The van der Waals surface area contributed by atoms with Crippen LogP contribution in [0.4, 0.5) is 0 Å². The molecule has 0 saturated carbocycles. The molecule has 0 aliphatic heterocycles. The maximum absolute atomic E-state index is 11.0. The van der Waals surface area contributed by atoms with Crippen LogP contribution in [0.1, 0.15) is 17.8 Å². The van der Waals surface area contributed by atoms with Crippen LogP contribution in [0, 0.1) is 11.3 Å². The molecule has 0 spiro atoms. The van der Waals surface area contributed by atoms with E-state index in [1.807, 2.05) is 4.57 Å². The van der Waals surface area contributed by atoms with Crippen LogP contribution in [0.15, 0.2) is 18.2 Å². The number of sulfonamides is 1. The Morgan fingerprint density at radius 1 is 1.48 bits per heavy atom. The van der Waals surface area contributed by atoms with Gasteiger partial charge >= 0.3 is 0 Å². The fourth-order valence-corrected chi connectivity index (χ4v) is 2.81. The summed E-state index contributed by atoms with van der Waals surface area (Å²) >= 11 is 5.90. The van der Waals surface area contributed by atoms with Crippen molar-refractivity contribution in [2.45, 2.75) is 18.8 Å². The Morgan fingerprint density at radius 3 is 2.86 bits per heavy atom. The van der Waals surface area contributed by atoms with Crippen molar-refractivity contribution < 1.29 is 8.42 Å². The topological polar surface area (TPSA) is 87.8 Å². The molecule has 1 aromatic heterocycles. The lowest BCUT2D eigenvalue weighted by Crippen LogP contribution is -2.24. The monoisotopic (exact) mass is 326 g/mol. The maximum Gasteiger partial charge on any atom is 0.208 e. The van der Waals surface area contributed by atoms with Gasteiger partial charge in [0.2, 0.25) is 10.0 Å². The van der Waals surface area contributed by atoms with Crippen molar-refractivity contribution >= 4 is 32.7 Å². The number of imidazole rings is 1. The molecule has 1 aromatic carbocycles. The van der Waals surface area contributed by atoms with Crippen molar-refractivity contribution in [3.8, 4) is 6.07 Å². The number of fused-ring (bicyclic) bond motifs is 1. The van der Waals surface area contributed by atoms with E-state index in [9.17, 15) is 8.42 Å². The zero-order valence-electron chi connectivity index (χ0n) is 11.5. The van der Waals surface area contributed by atoms with Crippen molar-refractivity contribution in [1.29, 1.82) is 5.26 Å². The van der Waals surface area contributed by atoms with Gasteiger partial charge in [-0.15, -0.1) is 11.6 Å². The van der Waals surface area contributed by atoms with E-state index in [2.05, 4.69) is 15.8 Å². The molecule has 0 radical (unpaired) electrons. The van der Waals surface area contributed by atoms with Crippen LogP contribution >= 0.6 is 11.6 Å². The lowest BCUT2D eigenvalue weighted by Gasteiger charge is -2.08. The van der Waals surface area contributed by atoms with Crippen LogP contribution in [0.2, 0.25) is 0 Å². The van der Waals surface area contributed by atoms with E-state index in [1.54, 1.807) is 18.2 Å². The van der Waals surface area contributed by atoms with Crippen molar-refractivity contribution in [2.24, 2.45) is 0 Å². The van der Waals surface area contributed by atoms with Gasteiger partial charge in [0.1, 0.15) is 5.82 Å². The molecule has 112 valence electrons. The molecule has 0 atom stereocenters. The Balaban J connectivity index is 2.22. The SMILES string of the molecule is CS(=O)(=O)NCCCn1c(CCl)nc2ccc(C#N)cc21. The third kappa shape index (κ3) is 3.94. The molecule has 2 rings (SSSR count). The number of nitrogens with one attached hydrogen (secondary N) is 1. The van der Waals surface area contributed by atoms with Gasteiger partial charge in [-0.1, -0.05) is 0 Å². The summed E-state index contributed by atoms with van der Waals surface area (Å²) in [5.41, 5.74) is 2.17. The highest BCUT2D eigenvalue weighted by Gasteiger charge is 2.10. The number of rotatable bonds is 6. The molecule has 0 aliphatic carbocycles. The zero-order valence-corrected chi connectivity index (χ0v) is 13.1. The van der Waals surface area contributed by atoms with Crippen LogP contribution < -0.4 is 4.72 Å². The first-order valence-corrected chi connectivity index (χ1v) is 8.77. The molecule has 0 saturated heterocycles. The lowest BCUT2D eigenvalue weighted by molar-refractivity contribution is 0.575. The van der Waals surface area contributed by atoms with Crippen LogP contribution in [0.5, 0.6) is 0 Å². The fraction of sp³-hybridized carbons (Fsp3) is 0.385. The second-order valence-corrected chi connectivity index (χ2v) is 6.75. The second kappa shape index (κ2) is 6.43. The molecule has 6 nitrogen and oxygen atoms in total. The smallest absolute Gasteiger partial charge is 0.208 e. The van der Waals surface area contributed by atoms with Gasteiger partial charge in [0.05, 0.1) is 34.8 Å². The van der Waals surface area contributed by atoms with Crippen LogP contribution in [0.25, 0.3) is 11.0 Å². The van der Waals surface area contributed by atoms with Crippen LogP contribution in [0.3, 0.4) is 0 Å². The molecule has 21 heavy (non-hydrogen) atoms. The highest BCUT2D eigenvalue weighted by atomic mass is 35.5. The molecule has 1 heterocycles. The van der Waals surface area contributed by atoms with E-state index >= 15 is 0 Å². The Bertz CT molecular complexity index is 792. The van der Waals surface area contributed by atoms with Crippen molar-refractivity contribution in [3.63, 3.8) is 0 Å². The first kappa shape index (κ1) is 15.8. The van der Waals surface area contributed by atoms with Crippen molar-refractivity contribution in [2.75, 3.05) is 12.8 Å². The largest absolute Gasteiger partial charge is 0.327 e. The summed E-state index contributed by atoms with van der Waals surface area (Å²) < 4.78 is 26.4. The molecular weight excluding hydrogens is 312 g/mol. The number of alkyl halides is 1. The van der Waals surface area contributed by atoms with E-state index in [0.717, 1.165) is 17.3 Å². The minimum Gasteiger partial charge on any atom is -0.327 e. The van der Waals surface area contributed by atoms with E-state index in [1.165, 1.54) is 0 Å². The quantitative estimate of drug-likeness (QED) is 0.645. The molecule has 0 bridgehead atoms. The predicted octanol–water partition coefficient (Wildman–Crippen LogP) is 1.59. The van der Waals surface area contributed by atoms with Gasteiger partial charge in [-0.25, -0.2) is 18.1 Å². The van der Waals surface area contributed by atoms with Gasteiger partial charge in [0.25, 0.3) is 0 Å². The second-order valence-electron chi connectivity index (χ2n) is 4.65. The Hall–Kier alpha value is -1.62. The van der Waals surface area contributed by atoms with Crippen LogP contribution in [-0.4, -0.2) is 30.8 Å². The average Bonchev–Trinajstić information content (AvgIpc) is 2.79. The highest BCUT2D eigenvalue weighted by molar-refractivity contribution is 7.88. The number of aryl methyl sites for hydroxylation is 1. The van der Waals surface area contributed by atoms with Gasteiger partial charge in [-0.3, -0.25) is 0 Å². The summed E-state index contributed by atoms with van der Waals surface area (Å²) in [6.45, 7) is 0.925. The lowest BCUT2D eigenvalue weighted by atomic mass is 10.2. The summed E-state index contributed by atoms with van der Waals surface area (Å²) in [5, 5.41) is 8.97. The number of nitrogens with zero attached hydrogens (tertiary/aromatic N) is 3. The highest BCUT2D eigenvalue weighted by Crippen LogP contribution is 2.19. The van der Waals surface area contributed by atoms with E-state index < -0.39 is 10.0 Å². The number of nitriles is 1. The standard InChI is InChI=1S/C13H15ClN4O2S/c1-21(19,20)16-5-2-6-18-12-7-10(9-15)3-4-11(12)17-13(18)8-14/h3-4,7,16H,2,5-6,8H2,1H3. The van der Waals surface area contributed by atoms with E-state index in [4.69, 9.17) is 16.9 Å². The van der Waals surface area contributed by atoms with Gasteiger partial charge in [-0.05, 0) is 24.6 Å². The molecule has 8 heteroatoms. The number of aromatic nitrogens is 2. The van der Waals surface area contributed by atoms with Crippen LogP contribution in [-0.2, 0) is 22.4 Å². The van der Waals surface area contributed by atoms with Gasteiger partial charge in [0.15, 0.2) is 0 Å². The number of halogens is 1. The molecule has 0 fully saturated rings. The van der Waals surface area contributed by atoms with Gasteiger partial charge < -0.3 is 4.57 Å². The minimum absolute atomic E-state index is 0.260. The Labute approximate surface area is 128 Å². The Morgan fingerprint density at radius 2 is 2.24 bits per heavy atom. The molecule has 1 N–H and O–H groups in total. The molecule has 2 aromatic rings. The summed E-state index contributed by atoms with van der Waals surface area (Å²) in [6.07, 6.45) is 1.74. The Kier molecular flexibility index (Phi) is 4.83. The summed E-state index contributed by atoms with van der Waals surface area (Å²) in [7, 11) is -3.18. The number of hydrogen-bond donors (Lipinski definition) is 1. The maximum atomic E-state index is 11.0. The third-order valence-electron chi connectivity index (χ3n) is 3.00. The summed E-state index contributed by atoms with van der Waals surface area (Å²) in [5.74, 6) is 0.969. The predicted molar refractivity (Wildman–Crippen MR) is 81.5 cm³/mol. The average molecular weight is 327 g/mol. The first-order valence-electron chi connectivity index (χ1n) is 6.34. The fourth-order valence-electron chi connectivity index (χ4n) is 2.09. The molecule has 0 amide bonds. The normalized spacial score (nSPS) is 11.7. The minimum atomic E-state index is -3.18. The van der Waals surface area contributed by atoms with Crippen molar-refractivity contribution in [3.05, 3.63) is 29.6 Å². The first-order chi connectivity index (χ1) is 9.94. The number of hydrogen-bond acceptors (Lipinski definition) is 4. The molecule has 0 aliphatic rings. The van der Waals surface area contributed by atoms with Gasteiger partial charge in [0, 0.05) is 13.1 Å². The number of benzene rings is 1. The van der Waals surface area contributed by atoms with Gasteiger partial charge in [-0.2, -0.15) is 5.26 Å². The third-order valence-corrected chi connectivity index (χ3v) is 3.97. The van der Waals surface area contributed by atoms with E-state index in [-0.39, 0.29) is 5.88 Å². The van der Waals surface area contributed by atoms with Crippen molar-refractivity contribution in [1.82, 2.24) is 14.3 Å². The zero-order chi connectivity index (χ0) is 15.5. The summed E-state index contributed by atoms with van der Waals surface area (Å²) in [4.78, 5) is 4.42. The summed E-state index contributed by atoms with van der Waals surface area (Å²) in [6, 6.07) is 7.36.